The van der Waals surface area contributed by atoms with E-state index in [1.165, 1.54) is 12.1 Å². The lowest BCUT2D eigenvalue weighted by Crippen LogP contribution is -2.41. The van der Waals surface area contributed by atoms with Gasteiger partial charge in [-0.15, -0.1) is 5.10 Å². The molecular weight excluding hydrogens is 351 g/mol. The van der Waals surface area contributed by atoms with Gasteiger partial charge in [0.25, 0.3) is 0 Å². The number of carbonyl (C=O) groups excluding carboxylic acids is 1. The molecule has 2 amide bonds. The second-order valence-electron chi connectivity index (χ2n) is 6.02. The number of hydrogen-bond acceptors (Lipinski definition) is 5. The second kappa shape index (κ2) is 7.40. The number of rotatable bonds is 4. The third-order valence-electron chi connectivity index (χ3n) is 4.20. The van der Waals surface area contributed by atoms with E-state index in [2.05, 4.69) is 20.6 Å². The van der Waals surface area contributed by atoms with Crippen LogP contribution in [0.5, 0.6) is 5.88 Å². The minimum absolute atomic E-state index is 0.214. The Morgan fingerprint density at radius 2 is 2.15 bits per heavy atom. The van der Waals surface area contributed by atoms with Crippen LogP contribution < -0.4 is 10.1 Å². The molecule has 0 bridgehead atoms. The minimum atomic E-state index is -0.400. The topological polar surface area (TPSA) is 85.2 Å². The van der Waals surface area contributed by atoms with E-state index < -0.39 is 5.82 Å². The molecule has 0 aliphatic carbocycles. The number of fused-ring (bicyclic) bond motifs is 1. The fourth-order valence-electron chi connectivity index (χ4n) is 2.83. The number of amides is 2. The molecule has 8 nitrogen and oxygen atoms in total. The standard InChI is InChI=1S/C18H17FN6O2/c19-13-4-3-5-14(10-13)21-18(26)24-8-9-25-16(11-24)15(22-23-25)12-27-17-6-1-2-7-20-17/h1-7,10H,8-9,11-12H2,(H,21,26). The van der Waals surface area contributed by atoms with Crippen LogP contribution in [0, 0.1) is 5.82 Å². The van der Waals surface area contributed by atoms with Crippen molar-refractivity contribution in [3.63, 3.8) is 0 Å². The van der Waals surface area contributed by atoms with Crippen molar-refractivity contribution in [2.45, 2.75) is 19.7 Å². The number of anilines is 1. The van der Waals surface area contributed by atoms with Crippen LogP contribution in [0.3, 0.4) is 0 Å². The third-order valence-corrected chi connectivity index (χ3v) is 4.20. The second-order valence-corrected chi connectivity index (χ2v) is 6.02. The van der Waals surface area contributed by atoms with E-state index in [1.807, 2.05) is 12.1 Å². The summed E-state index contributed by atoms with van der Waals surface area (Å²) in [7, 11) is 0. The highest BCUT2D eigenvalue weighted by Crippen LogP contribution is 2.18. The van der Waals surface area contributed by atoms with Gasteiger partial charge in [-0.1, -0.05) is 17.3 Å². The smallest absolute Gasteiger partial charge is 0.322 e. The van der Waals surface area contributed by atoms with Crippen LogP contribution in [0.25, 0.3) is 0 Å². The summed E-state index contributed by atoms with van der Waals surface area (Å²) < 4.78 is 20.7. The molecule has 1 aliphatic rings. The van der Waals surface area contributed by atoms with Gasteiger partial charge in [0.2, 0.25) is 5.88 Å². The summed E-state index contributed by atoms with van der Waals surface area (Å²) in [5.41, 5.74) is 1.88. The Morgan fingerprint density at radius 3 is 2.96 bits per heavy atom. The van der Waals surface area contributed by atoms with E-state index in [9.17, 15) is 9.18 Å². The molecule has 3 aromatic rings. The molecule has 0 unspecified atom stereocenters. The Bertz CT molecular complexity index is 946. The van der Waals surface area contributed by atoms with E-state index in [1.54, 1.807) is 34.0 Å². The predicted octanol–water partition coefficient (Wildman–Crippen LogP) is 2.44. The van der Waals surface area contributed by atoms with Crippen molar-refractivity contribution in [1.82, 2.24) is 24.9 Å². The first-order chi connectivity index (χ1) is 13.2. The number of nitrogens with one attached hydrogen (secondary N) is 1. The van der Waals surface area contributed by atoms with Crippen molar-refractivity contribution >= 4 is 11.7 Å². The lowest BCUT2D eigenvalue weighted by molar-refractivity contribution is 0.193. The first kappa shape index (κ1) is 17.0. The van der Waals surface area contributed by atoms with Gasteiger partial charge in [-0.3, -0.25) is 0 Å². The van der Waals surface area contributed by atoms with Gasteiger partial charge in [-0.25, -0.2) is 18.9 Å². The van der Waals surface area contributed by atoms with E-state index in [4.69, 9.17) is 4.74 Å². The van der Waals surface area contributed by atoms with Crippen molar-refractivity contribution in [1.29, 1.82) is 0 Å². The molecule has 0 saturated heterocycles. The highest BCUT2D eigenvalue weighted by Gasteiger charge is 2.25. The number of ether oxygens (including phenoxy) is 1. The number of hydrogen-bond donors (Lipinski definition) is 1. The monoisotopic (exact) mass is 368 g/mol. The number of pyridine rings is 1. The quantitative estimate of drug-likeness (QED) is 0.765. The first-order valence-electron chi connectivity index (χ1n) is 8.45. The summed E-state index contributed by atoms with van der Waals surface area (Å²) in [5.74, 6) is 0.0958. The van der Waals surface area contributed by atoms with Crippen molar-refractivity contribution < 1.29 is 13.9 Å². The Hall–Kier alpha value is -3.49. The van der Waals surface area contributed by atoms with Crippen molar-refractivity contribution in [3.8, 4) is 5.88 Å². The Kier molecular flexibility index (Phi) is 4.65. The maximum Gasteiger partial charge on any atom is 0.322 e. The van der Waals surface area contributed by atoms with Crippen LogP contribution in [-0.4, -0.2) is 37.5 Å². The van der Waals surface area contributed by atoms with E-state index >= 15 is 0 Å². The average molecular weight is 368 g/mol. The summed E-state index contributed by atoms with van der Waals surface area (Å²) in [6.45, 7) is 1.57. The lowest BCUT2D eigenvalue weighted by atomic mass is 10.2. The van der Waals surface area contributed by atoms with Crippen LogP contribution in [0.1, 0.15) is 11.4 Å². The van der Waals surface area contributed by atoms with Crippen molar-refractivity contribution in [2.24, 2.45) is 0 Å². The highest BCUT2D eigenvalue weighted by atomic mass is 19.1. The molecule has 0 spiro atoms. The fourth-order valence-corrected chi connectivity index (χ4v) is 2.83. The van der Waals surface area contributed by atoms with E-state index in [0.29, 0.717) is 36.9 Å². The molecular formula is C18H17FN6O2. The molecule has 138 valence electrons. The molecule has 0 saturated carbocycles. The maximum absolute atomic E-state index is 13.3. The maximum atomic E-state index is 13.3. The lowest BCUT2D eigenvalue weighted by Gasteiger charge is -2.27. The number of nitrogens with zero attached hydrogens (tertiary/aromatic N) is 5. The van der Waals surface area contributed by atoms with Gasteiger partial charge in [0.15, 0.2) is 0 Å². The summed E-state index contributed by atoms with van der Waals surface area (Å²) >= 11 is 0. The molecule has 4 rings (SSSR count). The molecule has 0 atom stereocenters. The summed E-state index contributed by atoms with van der Waals surface area (Å²) in [5, 5.41) is 11.0. The molecule has 0 fully saturated rings. The largest absolute Gasteiger partial charge is 0.471 e. The number of urea groups is 1. The predicted molar refractivity (Wildman–Crippen MR) is 94.4 cm³/mol. The van der Waals surface area contributed by atoms with E-state index in [0.717, 1.165) is 5.69 Å². The van der Waals surface area contributed by atoms with Crippen LogP contribution in [0.15, 0.2) is 48.7 Å². The van der Waals surface area contributed by atoms with Gasteiger partial charge in [0.05, 0.1) is 18.8 Å². The molecule has 0 radical (unpaired) electrons. The Morgan fingerprint density at radius 1 is 1.22 bits per heavy atom. The summed E-state index contributed by atoms with van der Waals surface area (Å²) in [6, 6.07) is 10.9. The summed E-state index contributed by atoms with van der Waals surface area (Å²) in [4.78, 5) is 18.2. The molecule has 2 aromatic heterocycles. The zero-order valence-electron chi connectivity index (χ0n) is 14.4. The Balaban J connectivity index is 1.43. The molecule has 1 N–H and O–H groups in total. The average Bonchev–Trinajstić information content (AvgIpc) is 3.09. The number of carbonyl (C=O) groups is 1. The zero-order chi connectivity index (χ0) is 18.6. The van der Waals surface area contributed by atoms with Gasteiger partial charge >= 0.3 is 6.03 Å². The molecule has 9 heteroatoms. The number of halogens is 1. The van der Waals surface area contributed by atoms with Gasteiger partial charge in [0, 0.05) is 24.5 Å². The van der Waals surface area contributed by atoms with Gasteiger partial charge in [-0.05, 0) is 24.3 Å². The van der Waals surface area contributed by atoms with Gasteiger partial charge < -0.3 is 15.0 Å². The number of benzene rings is 1. The molecule has 1 aliphatic heterocycles. The zero-order valence-corrected chi connectivity index (χ0v) is 14.4. The van der Waals surface area contributed by atoms with Crippen molar-refractivity contribution in [3.05, 3.63) is 65.9 Å². The molecule has 3 heterocycles. The fraction of sp³-hybridized carbons (Fsp3) is 0.222. The normalized spacial score (nSPS) is 13.1. The molecule has 27 heavy (non-hydrogen) atoms. The number of aromatic nitrogens is 4. The third kappa shape index (κ3) is 3.86. The molecule has 1 aromatic carbocycles. The minimum Gasteiger partial charge on any atom is -0.471 e. The van der Waals surface area contributed by atoms with Gasteiger partial charge in [-0.2, -0.15) is 0 Å². The SMILES string of the molecule is O=C(Nc1cccc(F)c1)N1CCn2nnc(COc3ccccn3)c2C1. The van der Waals surface area contributed by atoms with Crippen molar-refractivity contribution in [2.75, 3.05) is 11.9 Å². The van der Waals surface area contributed by atoms with Gasteiger partial charge in [0.1, 0.15) is 18.1 Å². The Labute approximate surface area is 154 Å². The van der Waals surface area contributed by atoms with E-state index in [-0.39, 0.29) is 12.6 Å². The summed E-state index contributed by atoms with van der Waals surface area (Å²) in [6.07, 6.45) is 1.65. The highest BCUT2D eigenvalue weighted by molar-refractivity contribution is 5.89. The van der Waals surface area contributed by atoms with Crippen LogP contribution in [0.2, 0.25) is 0 Å². The van der Waals surface area contributed by atoms with Crippen LogP contribution >= 0.6 is 0 Å². The van der Waals surface area contributed by atoms with Crippen LogP contribution in [0.4, 0.5) is 14.9 Å². The van der Waals surface area contributed by atoms with Crippen LogP contribution in [-0.2, 0) is 19.7 Å². The first-order valence-corrected chi connectivity index (χ1v) is 8.45.